The third kappa shape index (κ3) is 2.38. The molecule has 2 aromatic rings. The van der Waals surface area contributed by atoms with E-state index in [1.807, 2.05) is 18.3 Å². The molecule has 2 heterocycles. The number of imidazole rings is 1. The third-order valence-electron chi connectivity index (χ3n) is 3.49. The zero-order chi connectivity index (χ0) is 12.4. The van der Waals surface area contributed by atoms with Gasteiger partial charge in [0.15, 0.2) is 0 Å². The molecule has 0 saturated heterocycles. The van der Waals surface area contributed by atoms with Gasteiger partial charge in [-0.2, -0.15) is 0 Å². The van der Waals surface area contributed by atoms with E-state index in [9.17, 15) is 0 Å². The summed E-state index contributed by atoms with van der Waals surface area (Å²) in [5.41, 5.74) is 7.95. The molecule has 0 atom stereocenters. The number of benzene rings is 1. The second-order valence-electron chi connectivity index (χ2n) is 4.81. The average Bonchev–Trinajstić information content (AvgIpc) is 2.84. The highest BCUT2D eigenvalue weighted by molar-refractivity contribution is 5.40. The van der Waals surface area contributed by atoms with E-state index in [-0.39, 0.29) is 0 Å². The molecule has 1 aliphatic heterocycles. The van der Waals surface area contributed by atoms with Crippen LogP contribution in [-0.2, 0) is 19.5 Å². The fourth-order valence-corrected chi connectivity index (χ4v) is 2.45. The van der Waals surface area contributed by atoms with Crippen molar-refractivity contribution in [2.24, 2.45) is 0 Å². The molecular weight excluding hydrogens is 224 g/mol. The number of rotatable bonds is 3. The number of hydrogen-bond acceptors (Lipinski definition) is 3. The molecule has 2 N–H and O–H groups in total. The van der Waals surface area contributed by atoms with E-state index >= 15 is 0 Å². The van der Waals surface area contributed by atoms with Gasteiger partial charge in [-0.25, -0.2) is 4.98 Å². The Morgan fingerprint density at radius 2 is 2.22 bits per heavy atom. The largest absolute Gasteiger partial charge is 0.399 e. The molecule has 0 spiro atoms. The number of nitrogens with two attached hydrogens (primary N) is 1. The average molecular weight is 242 g/mol. The van der Waals surface area contributed by atoms with Crippen LogP contribution in [0.25, 0.3) is 0 Å². The smallest absolute Gasteiger partial charge is 0.122 e. The van der Waals surface area contributed by atoms with Crippen LogP contribution >= 0.6 is 0 Å². The number of anilines is 1. The summed E-state index contributed by atoms with van der Waals surface area (Å²) in [5.74, 6) is 1.17. The zero-order valence-corrected chi connectivity index (χ0v) is 10.4. The minimum atomic E-state index is 0.849. The number of fused-ring (bicyclic) bond motifs is 1. The third-order valence-corrected chi connectivity index (χ3v) is 3.49. The lowest BCUT2D eigenvalue weighted by Crippen LogP contribution is -2.35. The number of aromatic nitrogens is 2. The number of hydrogen-bond donors (Lipinski definition) is 1. The maximum Gasteiger partial charge on any atom is 0.122 e. The van der Waals surface area contributed by atoms with Crippen molar-refractivity contribution in [3.8, 4) is 0 Å². The molecule has 94 valence electrons. The maximum atomic E-state index is 5.79. The Bertz CT molecular complexity index is 532. The number of nitrogens with zero attached hydrogens (tertiary/aromatic N) is 3. The van der Waals surface area contributed by atoms with Crippen LogP contribution in [0.3, 0.4) is 0 Å². The first-order chi connectivity index (χ1) is 8.81. The Morgan fingerprint density at radius 1 is 1.28 bits per heavy atom. The highest BCUT2D eigenvalue weighted by Gasteiger charge is 2.15. The van der Waals surface area contributed by atoms with E-state index < -0.39 is 0 Å². The molecule has 0 aliphatic carbocycles. The lowest BCUT2D eigenvalue weighted by atomic mass is 10.1. The minimum Gasteiger partial charge on any atom is -0.399 e. The standard InChI is InChI=1S/C14H18N4/c15-13-3-1-2-12(10-13)4-6-17-8-9-18-7-5-16-14(18)11-17/h1-3,5,7,10H,4,6,8-9,11,15H2. The molecule has 0 radical (unpaired) electrons. The van der Waals surface area contributed by atoms with E-state index in [4.69, 9.17) is 5.73 Å². The van der Waals surface area contributed by atoms with Crippen LogP contribution in [0.1, 0.15) is 11.4 Å². The van der Waals surface area contributed by atoms with Crippen LogP contribution in [-0.4, -0.2) is 27.5 Å². The summed E-state index contributed by atoms with van der Waals surface area (Å²) in [5, 5.41) is 0. The van der Waals surface area contributed by atoms with Gasteiger partial charge < -0.3 is 10.3 Å². The lowest BCUT2D eigenvalue weighted by molar-refractivity contribution is 0.219. The van der Waals surface area contributed by atoms with Gasteiger partial charge in [0.05, 0.1) is 6.54 Å². The highest BCUT2D eigenvalue weighted by Crippen LogP contribution is 2.12. The van der Waals surface area contributed by atoms with E-state index in [1.165, 1.54) is 11.4 Å². The molecule has 1 aromatic carbocycles. The second kappa shape index (κ2) is 4.82. The summed E-state index contributed by atoms with van der Waals surface area (Å²) in [6.07, 6.45) is 4.99. The summed E-state index contributed by atoms with van der Waals surface area (Å²) < 4.78 is 2.23. The Morgan fingerprint density at radius 3 is 3.11 bits per heavy atom. The van der Waals surface area contributed by atoms with E-state index in [2.05, 4.69) is 32.8 Å². The van der Waals surface area contributed by atoms with Crippen molar-refractivity contribution >= 4 is 5.69 Å². The first kappa shape index (κ1) is 11.3. The molecule has 1 aromatic heterocycles. The van der Waals surface area contributed by atoms with Crippen LogP contribution in [0, 0.1) is 0 Å². The van der Waals surface area contributed by atoms with Gasteiger partial charge in [-0.15, -0.1) is 0 Å². The molecular formula is C14H18N4. The van der Waals surface area contributed by atoms with Crippen molar-refractivity contribution < 1.29 is 0 Å². The van der Waals surface area contributed by atoms with Gasteiger partial charge in [0.2, 0.25) is 0 Å². The SMILES string of the molecule is Nc1cccc(CCN2CCn3ccnc3C2)c1. The quantitative estimate of drug-likeness (QED) is 0.830. The zero-order valence-electron chi connectivity index (χ0n) is 10.4. The van der Waals surface area contributed by atoms with E-state index in [0.717, 1.165) is 38.3 Å². The topological polar surface area (TPSA) is 47.1 Å². The minimum absolute atomic E-state index is 0.849. The molecule has 4 nitrogen and oxygen atoms in total. The van der Waals surface area contributed by atoms with Crippen molar-refractivity contribution in [2.75, 3.05) is 18.8 Å². The van der Waals surface area contributed by atoms with Crippen LogP contribution in [0.4, 0.5) is 5.69 Å². The second-order valence-corrected chi connectivity index (χ2v) is 4.81. The molecule has 3 rings (SSSR count). The Hall–Kier alpha value is -1.81. The van der Waals surface area contributed by atoms with Crippen molar-refractivity contribution in [3.05, 3.63) is 48.0 Å². The van der Waals surface area contributed by atoms with Crippen molar-refractivity contribution in [2.45, 2.75) is 19.5 Å². The van der Waals surface area contributed by atoms with Gasteiger partial charge in [-0.05, 0) is 24.1 Å². The monoisotopic (exact) mass is 242 g/mol. The van der Waals surface area contributed by atoms with Gasteiger partial charge in [0, 0.05) is 37.7 Å². The molecule has 18 heavy (non-hydrogen) atoms. The van der Waals surface area contributed by atoms with Gasteiger partial charge in [-0.1, -0.05) is 12.1 Å². The molecule has 0 fully saturated rings. The summed E-state index contributed by atoms with van der Waals surface area (Å²) >= 11 is 0. The maximum absolute atomic E-state index is 5.79. The number of nitrogen functional groups attached to an aromatic ring is 1. The van der Waals surface area contributed by atoms with E-state index in [0.29, 0.717) is 0 Å². The van der Waals surface area contributed by atoms with Gasteiger partial charge in [0.1, 0.15) is 5.82 Å². The van der Waals surface area contributed by atoms with E-state index in [1.54, 1.807) is 0 Å². The van der Waals surface area contributed by atoms with Gasteiger partial charge >= 0.3 is 0 Å². The predicted molar refractivity (Wildman–Crippen MR) is 72.1 cm³/mol. The first-order valence-corrected chi connectivity index (χ1v) is 6.38. The molecule has 4 heteroatoms. The molecule has 0 unspecified atom stereocenters. The fraction of sp³-hybridized carbons (Fsp3) is 0.357. The molecule has 0 amide bonds. The lowest BCUT2D eigenvalue weighted by Gasteiger charge is -2.27. The van der Waals surface area contributed by atoms with Gasteiger partial charge in [0.25, 0.3) is 0 Å². The van der Waals surface area contributed by atoms with Crippen LogP contribution in [0.15, 0.2) is 36.7 Å². The summed E-state index contributed by atoms with van der Waals surface area (Å²) in [6.45, 7) is 4.17. The highest BCUT2D eigenvalue weighted by atomic mass is 15.2. The van der Waals surface area contributed by atoms with Crippen LogP contribution in [0.5, 0.6) is 0 Å². The first-order valence-electron chi connectivity index (χ1n) is 6.38. The Balaban J connectivity index is 1.59. The van der Waals surface area contributed by atoms with Crippen LogP contribution < -0.4 is 5.73 Å². The fourth-order valence-electron chi connectivity index (χ4n) is 2.45. The van der Waals surface area contributed by atoms with Crippen molar-refractivity contribution in [1.29, 1.82) is 0 Å². The van der Waals surface area contributed by atoms with Gasteiger partial charge in [-0.3, -0.25) is 4.90 Å². The summed E-state index contributed by atoms with van der Waals surface area (Å²) in [6, 6.07) is 8.15. The normalized spacial score (nSPS) is 15.6. The summed E-state index contributed by atoms with van der Waals surface area (Å²) in [7, 11) is 0. The predicted octanol–water partition coefficient (Wildman–Crippen LogP) is 1.52. The molecule has 1 aliphatic rings. The van der Waals surface area contributed by atoms with Crippen LogP contribution in [0.2, 0.25) is 0 Å². The van der Waals surface area contributed by atoms with Crippen molar-refractivity contribution in [3.63, 3.8) is 0 Å². The summed E-state index contributed by atoms with van der Waals surface area (Å²) in [4.78, 5) is 6.83. The molecule has 0 saturated carbocycles. The Labute approximate surface area is 107 Å². The molecule has 0 bridgehead atoms. The van der Waals surface area contributed by atoms with Crippen molar-refractivity contribution in [1.82, 2.24) is 14.5 Å². The Kier molecular flexibility index (Phi) is 3.02.